The Hall–Kier alpha value is -1.39. The molecule has 0 N–H and O–H groups in total. The zero-order valence-corrected chi connectivity index (χ0v) is 14.7. The normalized spacial score (nSPS) is 22.5. The maximum Gasteiger partial charge on any atom is 0.223 e. The molecule has 1 aromatic carbocycles. The van der Waals surface area contributed by atoms with Gasteiger partial charge in [-0.05, 0) is 37.7 Å². The van der Waals surface area contributed by atoms with E-state index in [4.69, 9.17) is 4.74 Å². The summed E-state index contributed by atoms with van der Waals surface area (Å²) in [4.78, 5) is 17.4. The minimum atomic E-state index is 0.338. The van der Waals surface area contributed by atoms with Crippen LogP contribution < -0.4 is 0 Å². The summed E-state index contributed by atoms with van der Waals surface area (Å²) in [5, 5.41) is 0. The number of amides is 1. The van der Waals surface area contributed by atoms with E-state index in [2.05, 4.69) is 21.9 Å². The summed E-state index contributed by atoms with van der Waals surface area (Å²) in [5.41, 5.74) is 1.26. The van der Waals surface area contributed by atoms with Gasteiger partial charge in [-0.15, -0.1) is 0 Å². The molecule has 1 atom stereocenters. The summed E-state index contributed by atoms with van der Waals surface area (Å²) >= 11 is 0. The van der Waals surface area contributed by atoms with E-state index < -0.39 is 0 Å². The van der Waals surface area contributed by atoms with Crippen LogP contribution in [0.3, 0.4) is 0 Å². The number of likely N-dealkylation sites (tertiary alicyclic amines) is 1. The first kappa shape index (κ1) is 17.4. The van der Waals surface area contributed by atoms with Gasteiger partial charge in [0.25, 0.3) is 0 Å². The van der Waals surface area contributed by atoms with Crippen molar-refractivity contribution in [2.45, 2.75) is 44.6 Å². The predicted octanol–water partition coefficient (Wildman–Crippen LogP) is 2.72. The van der Waals surface area contributed by atoms with Crippen molar-refractivity contribution in [3.05, 3.63) is 35.9 Å². The highest BCUT2D eigenvalue weighted by Gasteiger charge is 2.26. The summed E-state index contributed by atoms with van der Waals surface area (Å²) in [6.45, 7) is 5.82. The minimum Gasteiger partial charge on any atom is -0.379 e. The number of carbonyl (C=O) groups excluding carboxylic acids is 1. The lowest BCUT2D eigenvalue weighted by Crippen LogP contribution is -2.46. The lowest BCUT2D eigenvalue weighted by molar-refractivity contribution is -0.135. The van der Waals surface area contributed by atoms with E-state index in [1.54, 1.807) is 0 Å². The second-order valence-corrected chi connectivity index (χ2v) is 6.97. The molecule has 0 aliphatic carbocycles. The van der Waals surface area contributed by atoms with Gasteiger partial charge in [-0.1, -0.05) is 30.3 Å². The second kappa shape index (κ2) is 9.19. The van der Waals surface area contributed by atoms with Gasteiger partial charge in [0.05, 0.1) is 13.2 Å². The number of ether oxygens (including phenoxy) is 1. The van der Waals surface area contributed by atoms with Gasteiger partial charge < -0.3 is 9.64 Å². The van der Waals surface area contributed by atoms with E-state index in [1.807, 2.05) is 18.2 Å². The fourth-order valence-electron chi connectivity index (χ4n) is 3.82. The zero-order valence-electron chi connectivity index (χ0n) is 14.7. The third kappa shape index (κ3) is 5.05. The number of morpholine rings is 1. The molecule has 0 spiro atoms. The molecule has 2 aliphatic rings. The Morgan fingerprint density at radius 2 is 1.88 bits per heavy atom. The van der Waals surface area contributed by atoms with Crippen molar-refractivity contribution < 1.29 is 9.53 Å². The Morgan fingerprint density at radius 1 is 1.08 bits per heavy atom. The SMILES string of the molecule is O=C(CCc1ccccc1)N1CCCCC1CCN1CCOCC1. The third-order valence-corrected chi connectivity index (χ3v) is 5.30. The molecule has 1 aromatic rings. The highest BCUT2D eigenvalue weighted by Crippen LogP contribution is 2.21. The van der Waals surface area contributed by atoms with Crippen LogP contribution in [-0.2, 0) is 16.0 Å². The topological polar surface area (TPSA) is 32.8 Å². The summed E-state index contributed by atoms with van der Waals surface area (Å²) in [6.07, 6.45) is 6.18. The van der Waals surface area contributed by atoms with Crippen LogP contribution in [-0.4, -0.2) is 61.1 Å². The van der Waals surface area contributed by atoms with Gasteiger partial charge >= 0.3 is 0 Å². The molecule has 4 nitrogen and oxygen atoms in total. The van der Waals surface area contributed by atoms with Crippen LogP contribution in [0.25, 0.3) is 0 Å². The standard InChI is InChI=1S/C20H30N2O2/c23-20(10-9-18-6-2-1-3-7-18)22-12-5-4-8-19(22)11-13-21-14-16-24-17-15-21/h1-3,6-7,19H,4-5,8-17H2. The molecule has 2 saturated heterocycles. The first-order valence-electron chi connectivity index (χ1n) is 9.46. The molecule has 0 saturated carbocycles. The fraction of sp³-hybridized carbons (Fsp3) is 0.650. The summed E-state index contributed by atoms with van der Waals surface area (Å²) < 4.78 is 5.42. The number of carbonyl (C=O) groups is 1. The van der Waals surface area contributed by atoms with Crippen molar-refractivity contribution in [2.75, 3.05) is 39.4 Å². The van der Waals surface area contributed by atoms with Crippen LogP contribution >= 0.6 is 0 Å². The maximum atomic E-state index is 12.7. The monoisotopic (exact) mass is 330 g/mol. The number of aryl methyl sites for hydroxylation is 1. The Labute approximate surface area is 145 Å². The van der Waals surface area contributed by atoms with Gasteiger partial charge in [0.15, 0.2) is 0 Å². The molecule has 132 valence electrons. The Morgan fingerprint density at radius 3 is 2.67 bits per heavy atom. The van der Waals surface area contributed by atoms with Crippen LogP contribution in [0, 0.1) is 0 Å². The molecule has 24 heavy (non-hydrogen) atoms. The van der Waals surface area contributed by atoms with Gasteiger partial charge in [0.2, 0.25) is 5.91 Å². The van der Waals surface area contributed by atoms with Crippen LogP contribution in [0.1, 0.15) is 37.7 Å². The van der Waals surface area contributed by atoms with Gasteiger partial charge in [-0.3, -0.25) is 9.69 Å². The van der Waals surface area contributed by atoms with E-state index in [-0.39, 0.29) is 0 Å². The Bertz CT molecular complexity index is 500. The zero-order chi connectivity index (χ0) is 16.6. The summed E-state index contributed by atoms with van der Waals surface area (Å²) in [5.74, 6) is 0.338. The van der Waals surface area contributed by atoms with Crippen LogP contribution in [0.15, 0.2) is 30.3 Å². The van der Waals surface area contributed by atoms with Crippen LogP contribution in [0.2, 0.25) is 0 Å². The lowest BCUT2D eigenvalue weighted by Gasteiger charge is -2.37. The average molecular weight is 330 g/mol. The van der Waals surface area contributed by atoms with E-state index >= 15 is 0 Å². The maximum absolute atomic E-state index is 12.7. The molecule has 0 radical (unpaired) electrons. The van der Waals surface area contributed by atoms with E-state index in [9.17, 15) is 4.79 Å². The van der Waals surface area contributed by atoms with Crippen molar-refractivity contribution in [2.24, 2.45) is 0 Å². The molecule has 4 heteroatoms. The lowest BCUT2D eigenvalue weighted by atomic mass is 9.98. The second-order valence-electron chi connectivity index (χ2n) is 6.97. The van der Waals surface area contributed by atoms with Crippen molar-refractivity contribution in [1.29, 1.82) is 0 Å². The Balaban J connectivity index is 1.48. The van der Waals surface area contributed by atoms with Gasteiger partial charge in [0, 0.05) is 38.6 Å². The number of benzene rings is 1. The van der Waals surface area contributed by atoms with Gasteiger partial charge in [0.1, 0.15) is 0 Å². The number of piperidine rings is 1. The molecule has 3 rings (SSSR count). The summed E-state index contributed by atoms with van der Waals surface area (Å²) in [7, 11) is 0. The average Bonchev–Trinajstić information content (AvgIpc) is 2.66. The van der Waals surface area contributed by atoms with E-state index in [0.717, 1.165) is 58.7 Å². The fourth-order valence-corrected chi connectivity index (χ4v) is 3.82. The number of hydrogen-bond donors (Lipinski definition) is 0. The number of nitrogens with zero attached hydrogens (tertiary/aromatic N) is 2. The number of rotatable bonds is 6. The van der Waals surface area contributed by atoms with Crippen molar-refractivity contribution >= 4 is 5.91 Å². The largest absolute Gasteiger partial charge is 0.379 e. The first-order valence-corrected chi connectivity index (χ1v) is 9.46. The molecule has 1 unspecified atom stereocenters. The van der Waals surface area contributed by atoms with Crippen molar-refractivity contribution in [1.82, 2.24) is 9.80 Å². The highest BCUT2D eigenvalue weighted by molar-refractivity contribution is 5.76. The molecular weight excluding hydrogens is 300 g/mol. The minimum absolute atomic E-state index is 0.338. The molecule has 2 fully saturated rings. The van der Waals surface area contributed by atoms with Crippen molar-refractivity contribution in [3.8, 4) is 0 Å². The number of hydrogen-bond acceptors (Lipinski definition) is 3. The molecule has 2 aliphatic heterocycles. The van der Waals surface area contributed by atoms with Gasteiger partial charge in [-0.2, -0.15) is 0 Å². The summed E-state index contributed by atoms with van der Waals surface area (Å²) in [6, 6.07) is 10.8. The molecule has 2 heterocycles. The van der Waals surface area contributed by atoms with E-state index in [1.165, 1.54) is 18.4 Å². The van der Waals surface area contributed by atoms with Crippen molar-refractivity contribution in [3.63, 3.8) is 0 Å². The van der Waals surface area contributed by atoms with Crippen LogP contribution in [0.5, 0.6) is 0 Å². The first-order chi connectivity index (χ1) is 11.8. The molecule has 0 bridgehead atoms. The highest BCUT2D eigenvalue weighted by atomic mass is 16.5. The van der Waals surface area contributed by atoms with E-state index in [0.29, 0.717) is 18.4 Å². The quantitative estimate of drug-likeness (QED) is 0.804. The van der Waals surface area contributed by atoms with Gasteiger partial charge in [-0.25, -0.2) is 0 Å². The third-order valence-electron chi connectivity index (χ3n) is 5.30. The smallest absolute Gasteiger partial charge is 0.223 e. The Kier molecular flexibility index (Phi) is 6.67. The predicted molar refractivity (Wildman–Crippen MR) is 96.0 cm³/mol. The van der Waals surface area contributed by atoms with Crippen LogP contribution in [0.4, 0.5) is 0 Å². The molecule has 1 amide bonds. The molecular formula is C20H30N2O2. The molecule has 0 aromatic heterocycles.